The van der Waals surface area contributed by atoms with Gasteiger partial charge in [-0.3, -0.25) is 9.67 Å². The van der Waals surface area contributed by atoms with Gasteiger partial charge in [0, 0.05) is 36.6 Å². The number of nitrogens with zero attached hydrogens (tertiary/aromatic N) is 4. The molecule has 1 aromatic heterocycles. The van der Waals surface area contributed by atoms with Crippen molar-refractivity contribution in [3.05, 3.63) is 18.0 Å². The monoisotopic (exact) mass is 352 g/mol. The molecular formula is C17H32N6S. The van der Waals surface area contributed by atoms with Gasteiger partial charge in [0.25, 0.3) is 0 Å². The van der Waals surface area contributed by atoms with Crippen molar-refractivity contribution in [3.63, 3.8) is 0 Å². The number of hydrogen-bond donors (Lipinski definition) is 2. The Hall–Kier alpha value is -1.21. The van der Waals surface area contributed by atoms with Crippen LogP contribution in [0.5, 0.6) is 0 Å². The fraction of sp³-hybridized carbons (Fsp3) is 0.765. The third-order valence-electron chi connectivity index (χ3n) is 4.41. The van der Waals surface area contributed by atoms with Gasteiger partial charge in [-0.1, -0.05) is 0 Å². The van der Waals surface area contributed by atoms with Gasteiger partial charge in [-0.05, 0) is 46.5 Å². The average Bonchev–Trinajstić information content (AvgIpc) is 3.14. The maximum Gasteiger partial charge on any atom is 0.191 e. The molecule has 0 spiro atoms. The highest BCUT2D eigenvalue weighted by atomic mass is 32.2. The lowest BCUT2D eigenvalue weighted by Crippen LogP contribution is -2.42. The molecule has 1 fully saturated rings. The van der Waals surface area contributed by atoms with Crippen molar-refractivity contribution >= 4 is 17.7 Å². The lowest BCUT2D eigenvalue weighted by molar-refractivity contribution is 0.298. The summed E-state index contributed by atoms with van der Waals surface area (Å²) in [6, 6.07) is 0.263. The molecule has 2 atom stereocenters. The maximum atomic E-state index is 4.83. The summed E-state index contributed by atoms with van der Waals surface area (Å²) >= 11 is 2.05. The predicted molar refractivity (Wildman–Crippen MR) is 104 cm³/mol. The van der Waals surface area contributed by atoms with E-state index < -0.39 is 0 Å². The topological polar surface area (TPSA) is 57.5 Å². The Kier molecular flexibility index (Phi) is 6.98. The first kappa shape index (κ1) is 19.1. The third kappa shape index (κ3) is 5.41. The maximum absolute atomic E-state index is 4.83. The van der Waals surface area contributed by atoms with E-state index in [1.807, 2.05) is 17.9 Å². The first-order valence-electron chi connectivity index (χ1n) is 8.74. The van der Waals surface area contributed by atoms with Gasteiger partial charge in [-0.15, -0.1) is 0 Å². The van der Waals surface area contributed by atoms with Gasteiger partial charge in [0.1, 0.15) is 0 Å². The van der Waals surface area contributed by atoms with Gasteiger partial charge in [0.05, 0.1) is 18.8 Å². The van der Waals surface area contributed by atoms with Crippen LogP contribution in [0.4, 0.5) is 0 Å². The van der Waals surface area contributed by atoms with E-state index in [1.165, 1.54) is 24.2 Å². The summed E-state index contributed by atoms with van der Waals surface area (Å²) in [6.07, 6.45) is 6.58. The lowest BCUT2D eigenvalue weighted by Gasteiger charge is -2.25. The second-order valence-corrected chi connectivity index (χ2v) is 8.59. The largest absolute Gasteiger partial charge is 0.357 e. The zero-order valence-electron chi connectivity index (χ0n) is 15.7. The molecule has 7 heteroatoms. The van der Waals surface area contributed by atoms with Gasteiger partial charge < -0.3 is 15.5 Å². The molecule has 24 heavy (non-hydrogen) atoms. The summed E-state index contributed by atoms with van der Waals surface area (Å²) in [4.78, 5) is 7.04. The summed E-state index contributed by atoms with van der Waals surface area (Å²) in [5.74, 6) is 2.17. The van der Waals surface area contributed by atoms with Crippen LogP contribution in [0.1, 0.15) is 38.3 Å². The molecule has 1 saturated heterocycles. The van der Waals surface area contributed by atoms with Crippen molar-refractivity contribution in [3.8, 4) is 0 Å². The second kappa shape index (κ2) is 8.76. The quantitative estimate of drug-likeness (QED) is 0.579. The average molecular weight is 353 g/mol. The fourth-order valence-corrected chi connectivity index (χ4v) is 4.18. The van der Waals surface area contributed by atoms with E-state index in [0.29, 0.717) is 4.75 Å². The first-order valence-corrected chi connectivity index (χ1v) is 9.73. The van der Waals surface area contributed by atoms with Gasteiger partial charge in [-0.25, -0.2) is 0 Å². The summed E-state index contributed by atoms with van der Waals surface area (Å²) in [5.41, 5.74) is 1.21. The molecular weight excluding hydrogens is 320 g/mol. The van der Waals surface area contributed by atoms with Crippen molar-refractivity contribution in [2.24, 2.45) is 12.0 Å². The molecule has 1 aromatic rings. The molecule has 2 rings (SSSR count). The minimum atomic E-state index is 0.263. The van der Waals surface area contributed by atoms with Gasteiger partial charge >= 0.3 is 0 Å². The van der Waals surface area contributed by atoms with Crippen molar-refractivity contribution in [2.75, 3.05) is 39.5 Å². The van der Waals surface area contributed by atoms with Crippen LogP contribution in [0.3, 0.4) is 0 Å². The van der Waals surface area contributed by atoms with E-state index in [-0.39, 0.29) is 6.04 Å². The SMILES string of the molecule is CCNC(=NCC1(C)CCCS1)NCC(c1cnn(C)c1)N(C)C. The van der Waals surface area contributed by atoms with Crippen LogP contribution in [0.2, 0.25) is 0 Å². The van der Waals surface area contributed by atoms with Crippen LogP contribution in [-0.2, 0) is 7.05 Å². The van der Waals surface area contributed by atoms with Crippen LogP contribution < -0.4 is 10.6 Å². The minimum absolute atomic E-state index is 0.263. The van der Waals surface area contributed by atoms with E-state index in [9.17, 15) is 0 Å². The van der Waals surface area contributed by atoms with Crippen molar-refractivity contribution in [1.82, 2.24) is 25.3 Å². The second-order valence-electron chi connectivity index (χ2n) is 6.90. The first-order chi connectivity index (χ1) is 11.4. The number of hydrogen-bond acceptors (Lipinski definition) is 4. The lowest BCUT2D eigenvalue weighted by atomic mass is 10.1. The molecule has 2 heterocycles. The third-order valence-corrected chi connectivity index (χ3v) is 5.94. The Morgan fingerprint density at radius 2 is 2.29 bits per heavy atom. The number of aryl methyl sites for hydroxylation is 1. The molecule has 2 N–H and O–H groups in total. The van der Waals surface area contributed by atoms with Crippen molar-refractivity contribution < 1.29 is 0 Å². The van der Waals surface area contributed by atoms with Crippen LogP contribution in [-0.4, -0.2) is 64.9 Å². The Morgan fingerprint density at radius 1 is 1.50 bits per heavy atom. The zero-order chi connectivity index (χ0) is 17.6. The predicted octanol–water partition coefficient (Wildman–Crippen LogP) is 1.86. The Morgan fingerprint density at radius 3 is 2.83 bits per heavy atom. The van der Waals surface area contributed by atoms with E-state index >= 15 is 0 Å². The molecule has 0 radical (unpaired) electrons. The summed E-state index contributed by atoms with van der Waals surface area (Å²) in [5, 5.41) is 11.2. The molecule has 6 nitrogen and oxygen atoms in total. The molecule has 0 aromatic carbocycles. The number of aliphatic imine (C=N–C) groups is 1. The van der Waals surface area contributed by atoms with Crippen LogP contribution in [0, 0.1) is 0 Å². The zero-order valence-corrected chi connectivity index (χ0v) is 16.5. The van der Waals surface area contributed by atoms with Crippen LogP contribution >= 0.6 is 11.8 Å². The molecule has 1 aliphatic heterocycles. The molecule has 2 unspecified atom stereocenters. The summed E-state index contributed by atoms with van der Waals surface area (Å²) in [7, 11) is 6.15. The Balaban J connectivity index is 1.98. The smallest absolute Gasteiger partial charge is 0.191 e. The highest BCUT2D eigenvalue weighted by Crippen LogP contribution is 2.37. The van der Waals surface area contributed by atoms with Gasteiger partial charge in [0.2, 0.25) is 0 Å². The molecule has 1 aliphatic rings. The fourth-order valence-electron chi connectivity index (χ4n) is 2.95. The highest BCUT2D eigenvalue weighted by Gasteiger charge is 2.29. The molecule has 136 valence electrons. The number of guanidine groups is 1. The van der Waals surface area contributed by atoms with Gasteiger partial charge in [-0.2, -0.15) is 16.9 Å². The van der Waals surface area contributed by atoms with E-state index in [2.05, 4.69) is 66.5 Å². The van der Waals surface area contributed by atoms with E-state index in [1.54, 1.807) is 0 Å². The number of aromatic nitrogens is 2. The Labute approximate surface area is 150 Å². The Bertz CT molecular complexity index is 533. The standard InChI is InChI=1S/C17H32N6S/c1-6-18-16(20-13-17(2)8-7-9-24-17)19-11-15(22(3)4)14-10-21-23(5)12-14/h10,12,15H,6-9,11,13H2,1-5H3,(H2,18,19,20). The number of rotatable bonds is 7. The molecule has 0 saturated carbocycles. The van der Waals surface area contributed by atoms with E-state index in [0.717, 1.165) is 25.6 Å². The van der Waals surface area contributed by atoms with Crippen molar-refractivity contribution in [2.45, 2.75) is 37.5 Å². The normalized spacial score (nSPS) is 22.8. The van der Waals surface area contributed by atoms with Crippen LogP contribution in [0.15, 0.2) is 17.4 Å². The highest BCUT2D eigenvalue weighted by molar-refractivity contribution is 8.00. The minimum Gasteiger partial charge on any atom is -0.357 e. The van der Waals surface area contributed by atoms with Gasteiger partial charge in [0.15, 0.2) is 5.96 Å². The van der Waals surface area contributed by atoms with E-state index in [4.69, 9.17) is 4.99 Å². The molecule has 0 aliphatic carbocycles. The molecule has 0 amide bonds. The van der Waals surface area contributed by atoms with Crippen molar-refractivity contribution in [1.29, 1.82) is 0 Å². The summed E-state index contributed by atoms with van der Waals surface area (Å²) < 4.78 is 2.15. The molecule has 0 bridgehead atoms. The number of nitrogens with one attached hydrogen (secondary N) is 2. The van der Waals surface area contributed by atoms with Crippen LogP contribution in [0.25, 0.3) is 0 Å². The number of likely N-dealkylation sites (N-methyl/N-ethyl adjacent to an activating group) is 1. The number of thioether (sulfide) groups is 1. The summed E-state index contributed by atoms with van der Waals surface area (Å²) in [6.45, 7) is 6.97.